The first-order chi connectivity index (χ1) is 10.5. The molecule has 1 atom stereocenters. The Bertz CT molecular complexity index is 529. The summed E-state index contributed by atoms with van der Waals surface area (Å²) >= 11 is 0. The maximum absolute atomic E-state index is 12.5. The van der Waals surface area contributed by atoms with Crippen LogP contribution in [0.25, 0.3) is 0 Å². The first-order valence-electron chi connectivity index (χ1n) is 7.72. The van der Waals surface area contributed by atoms with E-state index in [1.54, 1.807) is 32.4 Å². The molecule has 122 valence electrons. The molecule has 1 amide bonds. The summed E-state index contributed by atoms with van der Waals surface area (Å²) in [5, 5.41) is 6.51. The van der Waals surface area contributed by atoms with Crippen LogP contribution in [-0.2, 0) is 0 Å². The molecule has 5 nitrogen and oxygen atoms in total. The van der Waals surface area contributed by atoms with Gasteiger partial charge in [0.05, 0.1) is 19.8 Å². The van der Waals surface area contributed by atoms with Gasteiger partial charge in [0.2, 0.25) is 0 Å². The van der Waals surface area contributed by atoms with Crippen molar-refractivity contribution >= 4 is 5.91 Å². The molecule has 0 saturated carbocycles. The molecule has 0 aliphatic carbocycles. The lowest BCUT2D eigenvalue weighted by Crippen LogP contribution is -2.52. The third kappa shape index (κ3) is 3.53. The highest BCUT2D eigenvalue weighted by atomic mass is 16.5. The lowest BCUT2D eigenvalue weighted by atomic mass is 9.77. The van der Waals surface area contributed by atoms with E-state index >= 15 is 0 Å². The Morgan fingerprint density at radius 1 is 1.36 bits per heavy atom. The van der Waals surface area contributed by atoms with Gasteiger partial charge in [-0.15, -0.1) is 0 Å². The van der Waals surface area contributed by atoms with E-state index < -0.39 is 0 Å². The second-order valence-electron chi connectivity index (χ2n) is 6.35. The lowest BCUT2D eigenvalue weighted by Gasteiger charge is -2.39. The predicted molar refractivity (Wildman–Crippen MR) is 86.7 cm³/mol. The van der Waals surface area contributed by atoms with Crippen molar-refractivity contribution in [2.75, 3.05) is 27.3 Å². The van der Waals surface area contributed by atoms with Crippen LogP contribution in [0.2, 0.25) is 0 Å². The zero-order chi connectivity index (χ0) is 16.2. The molecule has 1 aliphatic rings. The lowest BCUT2D eigenvalue weighted by molar-refractivity contribution is 0.0925. The molecule has 0 spiro atoms. The smallest absolute Gasteiger partial charge is 0.255 e. The number of benzene rings is 1. The molecular weight excluding hydrogens is 280 g/mol. The average Bonchev–Trinajstić information content (AvgIpc) is 2.52. The zero-order valence-electron chi connectivity index (χ0n) is 13.9. The fraction of sp³-hybridized carbons (Fsp3) is 0.588. The summed E-state index contributed by atoms with van der Waals surface area (Å²) in [5.41, 5.74) is 0.680. The van der Waals surface area contributed by atoms with Crippen LogP contribution in [0.15, 0.2) is 18.2 Å². The van der Waals surface area contributed by atoms with E-state index in [9.17, 15) is 4.79 Å². The molecule has 1 fully saturated rings. The van der Waals surface area contributed by atoms with Crippen molar-refractivity contribution in [2.45, 2.75) is 32.7 Å². The highest BCUT2D eigenvalue weighted by Gasteiger charge is 2.32. The van der Waals surface area contributed by atoms with Crippen LogP contribution in [-0.4, -0.2) is 39.3 Å². The number of para-hydroxylation sites is 1. The maximum atomic E-state index is 12.5. The fourth-order valence-corrected chi connectivity index (χ4v) is 2.98. The topological polar surface area (TPSA) is 59.6 Å². The van der Waals surface area contributed by atoms with Gasteiger partial charge >= 0.3 is 0 Å². The Kier molecular flexibility index (Phi) is 5.29. The van der Waals surface area contributed by atoms with Gasteiger partial charge in [-0.3, -0.25) is 4.79 Å². The first kappa shape index (κ1) is 16.6. The molecule has 1 saturated heterocycles. The van der Waals surface area contributed by atoms with Crippen molar-refractivity contribution < 1.29 is 14.3 Å². The van der Waals surface area contributed by atoms with Crippen molar-refractivity contribution in [3.05, 3.63) is 23.8 Å². The standard InChI is InChI=1S/C17H26N2O3/c1-17(2)9-6-10-18-14(17)11-19-16(20)12-7-5-8-13(21-3)15(12)22-4/h5,7-8,14,18H,6,9-11H2,1-4H3,(H,19,20). The van der Waals surface area contributed by atoms with Crippen molar-refractivity contribution in [3.63, 3.8) is 0 Å². The van der Waals surface area contributed by atoms with Gasteiger partial charge in [-0.1, -0.05) is 19.9 Å². The Labute approximate surface area is 132 Å². The number of methoxy groups -OCH3 is 2. The largest absolute Gasteiger partial charge is 0.493 e. The van der Waals surface area contributed by atoms with Gasteiger partial charge in [-0.05, 0) is 36.9 Å². The number of nitrogens with one attached hydrogen (secondary N) is 2. The van der Waals surface area contributed by atoms with Gasteiger partial charge in [0, 0.05) is 12.6 Å². The molecule has 2 N–H and O–H groups in total. The molecule has 1 aromatic rings. The van der Waals surface area contributed by atoms with Gasteiger partial charge in [0.25, 0.3) is 5.91 Å². The van der Waals surface area contributed by atoms with Crippen LogP contribution in [0.5, 0.6) is 11.5 Å². The second-order valence-corrected chi connectivity index (χ2v) is 6.35. The first-order valence-corrected chi connectivity index (χ1v) is 7.72. The predicted octanol–water partition coefficient (Wildman–Crippen LogP) is 2.21. The molecule has 2 rings (SSSR count). The van der Waals surface area contributed by atoms with Gasteiger partial charge in [0.1, 0.15) is 0 Å². The molecule has 0 bridgehead atoms. The summed E-state index contributed by atoms with van der Waals surface area (Å²) in [6, 6.07) is 5.60. The number of carbonyl (C=O) groups is 1. The Hall–Kier alpha value is -1.75. The van der Waals surface area contributed by atoms with Crippen molar-refractivity contribution in [1.82, 2.24) is 10.6 Å². The minimum Gasteiger partial charge on any atom is -0.493 e. The molecular formula is C17H26N2O3. The van der Waals surface area contributed by atoms with E-state index in [2.05, 4.69) is 24.5 Å². The second kappa shape index (κ2) is 7.01. The molecule has 1 unspecified atom stereocenters. The quantitative estimate of drug-likeness (QED) is 0.875. The maximum Gasteiger partial charge on any atom is 0.255 e. The number of hydrogen-bond acceptors (Lipinski definition) is 4. The van der Waals surface area contributed by atoms with Crippen LogP contribution in [0.4, 0.5) is 0 Å². The highest BCUT2D eigenvalue weighted by Crippen LogP contribution is 2.31. The zero-order valence-corrected chi connectivity index (χ0v) is 13.9. The van der Waals surface area contributed by atoms with E-state index in [-0.39, 0.29) is 17.4 Å². The van der Waals surface area contributed by atoms with E-state index in [0.29, 0.717) is 23.6 Å². The molecule has 0 aromatic heterocycles. The van der Waals surface area contributed by atoms with E-state index in [0.717, 1.165) is 6.54 Å². The molecule has 1 aromatic carbocycles. The molecule has 1 heterocycles. The minimum atomic E-state index is -0.140. The van der Waals surface area contributed by atoms with Crippen molar-refractivity contribution in [1.29, 1.82) is 0 Å². The Balaban J connectivity index is 2.06. The van der Waals surface area contributed by atoms with Crippen molar-refractivity contribution in [3.8, 4) is 11.5 Å². The molecule has 0 radical (unpaired) electrons. The summed E-state index contributed by atoms with van der Waals surface area (Å²) in [6.45, 7) is 6.09. The van der Waals surface area contributed by atoms with Gasteiger partial charge in [-0.25, -0.2) is 0 Å². The van der Waals surface area contributed by atoms with Crippen LogP contribution >= 0.6 is 0 Å². The number of amides is 1. The van der Waals surface area contributed by atoms with E-state index in [1.165, 1.54) is 12.8 Å². The minimum absolute atomic E-state index is 0.140. The summed E-state index contributed by atoms with van der Waals surface area (Å²) < 4.78 is 10.6. The monoisotopic (exact) mass is 306 g/mol. The number of piperidine rings is 1. The van der Waals surface area contributed by atoms with Crippen LogP contribution in [0.1, 0.15) is 37.0 Å². The molecule has 22 heavy (non-hydrogen) atoms. The number of hydrogen-bond donors (Lipinski definition) is 2. The summed E-state index contributed by atoms with van der Waals surface area (Å²) in [6.07, 6.45) is 2.35. The SMILES string of the molecule is COc1cccc(C(=O)NCC2NCCCC2(C)C)c1OC. The summed E-state index contributed by atoms with van der Waals surface area (Å²) in [4.78, 5) is 12.5. The molecule has 1 aliphatic heterocycles. The average molecular weight is 306 g/mol. The third-order valence-electron chi connectivity index (χ3n) is 4.45. The number of rotatable bonds is 5. The van der Waals surface area contributed by atoms with Crippen LogP contribution in [0.3, 0.4) is 0 Å². The van der Waals surface area contributed by atoms with Gasteiger partial charge in [0.15, 0.2) is 11.5 Å². The number of carbonyl (C=O) groups excluding carboxylic acids is 1. The van der Waals surface area contributed by atoms with Crippen molar-refractivity contribution in [2.24, 2.45) is 5.41 Å². The normalized spacial score (nSPS) is 20.3. The van der Waals surface area contributed by atoms with Crippen LogP contribution < -0.4 is 20.1 Å². The van der Waals surface area contributed by atoms with Gasteiger partial charge in [-0.2, -0.15) is 0 Å². The summed E-state index contributed by atoms with van der Waals surface area (Å²) in [7, 11) is 3.11. The van der Waals surface area contributed by atoms with Crippen LogP contribution in [0, 0.1) is 5.41 Å². The highest BCUT2D eigenvalue weighted by molar-refractivity contribution is 5.97. The fourth-order valence-electron chi connectivity index (χ4n) is 2.98. The summed E-state index contributed by atoms with van der Waals surface area (Å²) in [5.74, 6) is 0.892. The van der Waals surface area contributed by atoms with Gasteiger partial charge < -0.3 is 20.1 Å². The number of ether oxygens (including phenoxy) is 2. The van der Waals surface area contributed by atoms with E-state index in [1.807, 2.05) is 0 Å². The molecule has 5 heteroatoms. The Morgan fingerprint density at radius 2 is 2.14 bits per heavy atom. The van der Waals surface area contributed by atoms with E-state index in [4.69, 9.17) is 9.47 Å². The third-order valence-corrected chi connectivity index (χ3v) is 4.45. The Morgan fingerprint density at radius 3 is 2.77 bits per heavy atom.